The number of allylic oxidation sites excluding steroid dienone is 2. The second kappa shape index (κ2) is 9.78. The van der Waals surface area contributed by atoms with Crippen molar-refractivity contribution >= 4 is 0 Å². The van der Waals surface area contributed by atoms with Crippen LogP contribution in [0.4, 0.5) is 13.2 Å². The summed E-state index contributed by atoms with van der Waals surface area (Å²) in [5.74, 6) is 3.49. The summed E-state index contributed by atoms with van der Waals surface area (Å²) < 4.78 is 43.2. The minimum absolute atomic E-state index is 0.342. The highest BCUT2D eigenvalue weighted by Gasteiger charge is 2.39. The van der Waals surface area contributed by atoms with E-state index < -0.39 is 12.4 Å². The molecule has 3 aliphatic carbocycles. The first-order chi connectivity index (χ1) is 14.5. The van der Waals surface area contributed by atoms with Crippen molar-refractivity contribution in [3.05, 3.63) is 41.7 Å². The second-order valence-corrected chi connectivity index (χ2v) is 9.87. The highest BCUT2D eigenvalue weighted by Crippen LogP contribution is 2.51. The Kier molecular flexibility index (Phi) is 7.10. The Hall–Kier alpha value is -1.45. The van der Waals surface area contributed by atoms with Gasteiger partial charge in [-0.15, -0.1) is 0 Å². The van der Waals surface area contributed by atoms with E-state index in [0.29, 0.717) is 5.92 Å². The number of fused-ring (bicyclic) bond motifs is 1. The minimum atomic E-state index is -2.99. The lowest BCUT2D eigenvalue weighted by Gasteiger charge is -2.45. The molecular formula is C26H35F3O. The molecule has 3 saturated carbocycles. The lowest BCUT2D eigenvalue weighted by molar-refractivity contribution is -0.0522. The van der Waals surface area contributed by atoms with E-state index in [1.165, 1.54) is 63.5 Å². The van der Waals surface area contributed by atoms with Gasteiger partial charge >= 0.3 is 6.61 Å². The molecule has 0 bridgehead atoms. The summed E-state index contributed by atoms with van der Waals surface area (Å²) in [6, 6.07) is 4.56. The third kappa shape index (κ3) is 5.06. The van der Waals surface area contributed by atoms with Crippen LogP contribution in [-0.4, -0.2) is 6.61 Å². The molecule has 1 aromatic rings. The molecule has 3 aliphatic rings. The summed E-state index contributed by atoms with van der Waals surface area (Å²) in [4.78, 5) is 0. The molecule has 4 unspecified atom stereocenters. The van der Waals surface area contributed by atoms with Crippen molar-refractivity contribution in [2.75, 3.05) is 0 Å². The average molecular weight is 421 g/mol. The highest BCUT2D eigenvalue weighted by molar-refractivity contribution is 5.31. The first-order valence-corrected chi connectivity index (χ1v) is 11.9. The number of alkyl halides is 2. The van der Waals surface area contributed by atoms with E-state index in [1.807, 2.05) is 0 Å². The van der Waals surface area contributed by atoms with Crippen LogP contribution in [0, 0.1) is 35.4 Å². The summed E-state index contributed by atoms with van der Waals surface area (Å²) in [7, 11) is 0. The van der Waals surface area contributed by atoms with E-state index >= 15 is 0 Å². The van der Waals surface area contributed by atoms with Crippen molar-refractivity contribution in [3.8, 4) is 5.75 Å². The molecule has 0 radical (unpaired) electrons. The van der Waals surface area contributed by atoms with Crippen LogP contribution in [0.15, 0.2) is 30.4 Å². The number of ether oxygens (including phenoxy) is 1. The van der Waals surface area contributed by atoms with Crippen LogP contribution < -0.4 is 4.74 Å². The number of rotatable bonds is 5. The van der Waals surface area contributed by atoms with Crippen molar-refractivity contribution in [1.29, 1.82) is 0 Å². The van der Waals surface area contributed by atoms with E-state index in [1.54, 1.807) is 6.07 Å². The summed E-state index contributed by atoms with van der Waals surface area (Å²) in [5, 5.41) is 0. The van der Waals surface area contributed by atoms with E-state index in [0.717, 1.165) is 48.0 Å². The molecule has 0 saturated heterocycles. The van der Waals surface area contributed by atoms with Gasteiger partial charge < -0.3 is 4.74 Å². The molecule has 0 aromatic heterocycles. The molecule has 166 valence electrons. The molecule has 0 heterocycles. The smallest absolute Gasteiger partial charge is 0.387 e. The maximum absolute atomic E-state index is 14.2. The van der Waals surface area contributed by atoms with Gasteiger partial charge in [0.15, 0.2) is 11.6 Å². The Balaban J connectivity index is 1.31. The second-order valence-electron chi connectivity index (χ2n) is 9.87. The molecule has 30 heavy (non-hydrogen) atoms. The zero-order valence-corrected chi connectivity index (χ0v) is 18.0. The Bertz CT molecular complexity index is 723. The first-order valence-electron chi connectivity index (χ1n) is 11.9. The lowest BCUT2D eigenvalue weighted by atomic mass is 9.60. The SMILES string of the molecule is C/C=C/C1CCC(C2CCC3CC(c4ccc(OC(F)F)c(F)c4)CCC3C2)CC1. The molecule has 0 spiro atoms. The van der Waals surface area contributed by atoms with Gasteiger partial charge in [-0.25, -0.2) is 4.39 Å². The largest absolute Gasteiger partial charge is 0.432 e. The van der Waals surface area contributed by atoms with Gasteiger partial charge in [0.05, 0.1) is 0 Å². The molecule has 1 aromatic carbocycles. The predicted molar refractivity (Wildman–Crippen MR) is 114 cm³/mol. The van der Waals surface area contributed by atoms with Crippen LogP contribution in [0.25, 0.3) is 0 Å². The summed E-state index contributed by atoms with van der Waals surface area (Å²) in [5.41, 5.74) is 0.942. The van der Waals surface area contributed by atoms with Crippen LogP contribution in [0.5, 0.6) is 5.75 Å². The lowest BCUT2D eigenvalue weighted by Crippen LogP contribution is -2.34. The average Bonchev–Trinajstić information content (AvgIpc) is 2.75. The summed E-state index contributed by atoms with van der Waals surface area (Å²) in [6.07, 6.45) is 17.6. The van der Waals surface area contributed by atoms with Gasteiger partial charge in [-0.05, 0) is 124 Å². The van der Waals surface area contributed by atoms with E-state index in [-0.39, 0.29) is 5.75 Å². The molecule has 4 atom stereocenters. The maximum atomic E-state index is 14.2. The standard InChI is InChI=1S/C26H35F3O/c1-2-3-17-4-6-18(7-5-17)19-8-9-21-15-22(11-10-20(21)14-19)23-12-13-25(24(27)16-23)30-26(28)29/h2-3,12-13,16-22,26H,4-11,14-15H2,1H3/b3-2+. The summed E-state index contributed by atoms with van der Waals surface area (Å²) in [6.45, 7) is -0.863. The van der Waals surface area contributed by atoms with Gasteiger partial charge in [0, 0.05) is 0 Å². The Morgan fingerprint density at radius 3 is 2.17 bits per heavy atom. The minimum Gasteiger partial charge on any atom is -0.432 e. The van der Waals surface area contributed by atoms with Crippen LogP contribution in [-0.2, 0) is 0 Å². The van der Waals surface area contributed by atoms with E-state index in [9.17, 15) is 13.2 Å². The fourth-order valence-electron chi connectivity index (χ4n) is 6.70. The molecule has 1 nitrogen and oxygen atoms in total. The molecule has 3 fully saturated rings. The summed E-state index contributed by atoms with van der Waals surface area (Å²) >= 11 is 0. The maximum Gasteiger partial charge on any atom is 0.387 e. The molecule has 0 N–H and O–H groups in total. The molecule has 4 heteroatoms. The number of hydrogen-bond donors (Lipinski definition) is 0. The Morgan fingerprint density at radius 1 is 0.867 bits per heavy atom. The van der Waals surface area contributed by atoms with Crippen molar-refractivity contribution in [1.82, 2.24) is 0 Å². The van der Waals surface area contributed by atoms with Crippen molar-refractivity contribution in [2.45, 2.75) is 83.7 Å². The van der Waals surface area contributed by atoms with Crippen molar-refractivity contribution in [3.63, 3.8) is 0 Å². The third-order valence-corrected chi connectivity index (χ3v) is 8.24. The van der Waals surface area contributed by atoms with Gasteiger partial charge in [-0.1, -0.05) is 18.2 Å². The topological polar surface area (TPSA) is 9.23 Å². The number of hydrogen-bond acceptors (Lipinski definition) is 1. The van der Waals surface area contributed by atoms with Crippen molar-refractivity contribution in [2.24, 2.45) is 29.6 Å². The zero-order chi connectivity index (χ0) is 21.1. The van der Waals surface area contributed by atoms with Crippen LogP contribution >= 0.6 is 0 Å². The fourth-order valence-corrected chi connectivity index (χ4v) is 6.70. The van der Waals surface area contributed by atoms with Gasteiger partial charge in [-0.3, -0.25) is 0 Å². The van der Waals surface area contributed by atoms with Crippen LogP contribution in [0.3, 0.4) is 0 Å². The van der Waals surface area contributed by atoms with Gasteiger partial charge in [0.25, 0.3) is 0 Å². The molecule has 0 aliphatic heterocycles. The quantitative estimate of drug-likeness (QED) is 0.437. The van der Waals surface area contributed by atoms with Gasteiger partial charge in [0.1, 0.15) is 0 Å². The Morgan fingerprint density at radius 2 is 1.50 bits per heavy atom. The monoisotopic (exact) mass is 420 g/mol. The molecule has 0 amide bonds. The van der Waals surface area contributed by atoms with Gasteiger partial charge in [0.2, 0.25) is 0 Å². The predicted octanol–water partition coefficient (Wildman–Crippen LogP) is 8.11. The zero-order valence-electron chi connectivity index (χ0n) is 18.0. The van der Waals surface area contributed by atoms with Crippen LogP contribution in [0.1, 0.15) is 82.6 Å². The highest BCUT2D eigenvalue weighted by atomic mass is 19.3. The van der Waals surface area contributed by atoms with Crippen LogP contribution in [0.2, 0.25) is 0 Å². The first kappa shape index (κ1) is 21.8. The van der Waals surface area contributed by atoms with Gasteiger partial charge in [-0.2, -0.15) is 8.78 Å². The van der Waals surface area contributed by atoms with E-state index in [2.05, 4.69) is 23.8 Å². The molecular weight excluding hydrogens is 385 g/mol. The third-order valence-electron chi connectivity index (χ3n) is 8.24. The molecule has 4 rings (SSSR count). The number of halogens is 3. The fraction of sp³-hybridized carbons (Fsp3) is 0.692. The van der Waals surface area contributed by atoms with Crippen molar-refractivity contribution < 1.29 is 17.9 Å². The Labute approximate surface area is 179 Å². The normalized spacial score (nSPS) is 34.8. The number of benzene rings is 1. The van der Waals surface area contributed by atoms with E-state index in [4.69, 9.17) is 0 Å².